The Morgan fingerprint density at radius 2 is 2.40 bits per heavy atom. The van der Waals surface area contributed by atoms with Gasteiger partial charge in [-0.25, -0.2) is 0 Å². The van der Waals surface area contributed by atoms with Crippen molar-refractivity contribution >= 4 is 0 Å². The van der Waals surface area contributed by atoms with Gasteiger partial charge in [0.05, 0.1) is 0 Å². The minimum absolute atomic E-state index is 0.0158. The molecule has 0 bridgehead atoms. The fraction of sp³-hybridized carbons (Fsp3) is 0.444. The molecule has 2 heterocycles. The topological polar surface area (TPSA) is 82.8 Å². The average molecular weight is 207 g/mol. The number of hydrogen-bond donors (Lipinski definition) is 1. The van der Waals surface area contributed by atoms with E-state index in [1.54, 1.807) is 4.68 Å². The third-order valence-electron chi connectivity index (χ3n) is 1.91. The quantitative estimate of drug-likeness (QED) is 0.785. The monoisotopic (exact) mass is 207 g/mol. The molecule has 6 nitrogen and oxygen atoms in total. The molecule has 0 aliphatic heterocycles. The summed E-state index contributed by atoms with van der Waals surface area (Å²) in [5.74, 6) is 1.05. The predicted octanol–water partition coefficient (Wildman–Crippen LogP) is 0.360. The van der Waals surface area contributed by atoms with E-state index in [0.717, 1.165) is 0 Å². The second-order valence-electron chi connectivity index (χ2n) is 3.57. The smallest absolute Gasteiger partial charge is 0.228 e. The second-order valence-corrected chi connectivity index (χ2v) is 3.57. The van der Waals surface area contributed by atoms with Crippen LogP contribution >= 0.6 is 0 Å². The molecule has 1 atom stereocenters. The van der Waals surface area contributed by atoms with Gasteiger partial charge in [-0.3, -0.25) is 4.68 Å². The minimum atomic E-state index is 0.0158. The fourth-order valence-corrected chi connectivity index (χ4v) is 1.25. The zero-order valence-corrected chi connectivity index (χ0v) is 8.71. The normalized spacial score (nSPS) is 13.0. The lowest BCUT2D eigenvalue weighted by atomic mass is 10.2. The molecule has 1 unspecified atom stereocenters. The highest BCUT2D eigenvalue weighted by atomic mass is 16.5. The van der Waals surface area contributed by atoms with Gasteiger partial charge in [-0.2, -0.15) is 10.1 Å². The zero-order chi connectivity index (χ0) is 10.8. The molecule has 0 amide bonds. The van der Waals surface area contributed by atoms with E-state index < -0.39 is 0 Å². The van der Waals surface area contributed by atoms with Crippen LogP contribution in [0.2, 0.25) is 0 Å². The van der Waals surface area contributed by atoms with Crippen LogP contribution < -0.4 is 5.73 Å². The van der Waals surface area contributed by atoms with Crippen LogP contribution in [0.15, 0.2) is 16.8 Å². The first kappa shape index (κ1) is 9.85. The Balaban J connectivity index is 2.20. The molecular weight excluding hydrogens is 194 g/mol. The number of aryl methyl sites for hydroxylation is 1. The first-order valence-corrected chi connectivity index (χ1v) is 4.73. The Bertz CT molecular complexity index is 445. The van der Waals surface area contributed by atoms with Gasteiger partial charge in [-0.05, 0) is 13.0 Å². The summed E-state index contributed by atoms with van der Waals surface area (Å²) in [7, 11) is 1.84. The SMILES string of the molecule is CC(N)Cc1nc(-c2ccn(C)n2)no1. The Labute approximate surface area is 87.1 Å². The molecule has 0 spiro atoms. The molecule has 0 saturated carbocycles. The second kappa shape index (κ2) is 3.82. The highest BCUT2D eigenvalue weighted by Crippen LogP contribution is 2.12. The molecule has 0 radical (unpaired) electrons. The summed E-state index contributed by atoms with van der Waals surface area (Å²) in [5, 5.41) is 8.01. The van der Waals surface area contributed by atoms with Gasteiger partial charge in [-0.15, -0.1) is 0 Å². The maximum Gasteiger partial charge on any atom is 0.228 e. The summed E-state index contributed by atoms with van der Waals surface area (Å²) in [6, 6.07) is 1.85. The van der Waals surface area contributed by atoms with Crippen LogP contribution in [-0.4, -0.2) is 26.0 Å². The zero-order valence-electron chi connectivity index (χ0n) is 8.71. The molecule has 15 heavy (non-hydrogen) atoms. The number of nitrogens with zero attached hydrogens (tertiary/aromatic N) is 4. The van der Waals surface area contributed by atoms with E-state index in [0.29, 0.717) is 23.8 Å². The largest absolute Gasteiger partial charge is 0.339 e. The van der Waals surface area contributed by atoms with Gasteiger partial charge in [0.25, 0.3) is 0 Å². The van der Waals surface area contributed by atoms with Crippen molar-refractivity contribution in [1.29, 1.82) is 0 Å². The molecule has 0 aromatic carbocycles. The first-order chi connectivity index (χ1) is 7.15. The highest BCUT2D eigenvalue weighted by Gasteiger charge is 2.11. The maximum atomic E-state index is 5.63. The van der Waals surface area contributed by atoms with Gasteiger partial charge in [0, 0.05) is 25.7 Å². The Morgan fingerprint density at radius 3 is 3.00 bits per heavy atom. The summed E-state index contributed by atoms with van der Waals surface area (Å²) in [6.07, 6.45) is 2.41. The number of aromatic nitrogens is 4. The van der Waals surface area contributed by atoms with Crippen molar-refractivity contribution < 1.29 is 4.52 Å². The Hall–Kier alpha value is -1.69. The van der Waals surface area contributed by atoms with Gasteiger partial charge in [0.15, 0.2) is 0 Å². The maximum absolute atomic E-state index is 5.63. The van der Waals surface area contributed by atoms with Gasteiger partial charge >= 0.3 is 0 Å². The molecule has 0 aliphatic carbocycles. The Kier molecular flexibility index (Phi) is 2.51. The van der Waals surface area contributed by atoms with E-state index in [9.17, 15) is 0 Å². The van der Waals surface area contributed by atoms with E-state index in [1.165, 1.54) is 0 Å². The van der Waals surface area contributed by atoms with Crippen molar-refractivity contribution in [2.75, 3.05) is 0 Å². The van der Waals surface area contributed by atoms with Crippen molar-refractivity contribution in [1.82, 2.24) is 19.9 Å². The molecule has 6 heteroatoms. The van der Waals surface area contributed by atoms with Gasteiger partial charge in [0.1, 0.15) is 5.69 Å². The summed E-state index contributed by atoms with van der Waals surface area (Å²) in [5.41, 5.74) is 6.33. The third kappa shape index (κ3) is 2.21. The molecule has 0 fully saturated rings. The number of nitrogens with two attached hydrogens (primary N) is 1. The lowest BCUT2D eigenvalue weighted by Crippen LogP contribution is -2.17. The molecule has 2 N–H and O–H groups in total. The van der Waals surface area contributed by atoms with E-state index in [1.807, 2.05) is 26.2 Å². The molecule has 2 rings (SSSR count). The molecule has 0 aliphatic rings. The van der Waals surface area contributed by atoms with Crippen LogP contribution in [-0.2, 0) is 13.5 Å². The van der Waals surface area contributed by atoms with Gasteiger partial charge < -0.3 is 10.3 Å². The van der Waals surface area contributed by atoms with Crippen molar-refractivity contribution in [3.05, 3.63) is 18.2 Å². The van der Waals surface area contributed by atoms with Crippen molar-refractivity contribution in [2.45, 2.75) is 19.4 Å². The van der Waals surface area contributed by atoms with Gasteiger partial charge in [0.2, 0.25) is 11.7 Å². The molecular formula is C9H13N5O. The minimum Gasteiger partial charge on any atom is -0.339 e. The van der Waals surface area contributed by atoms with E-state index in [4.69, 9.17) is 10.3 Å². The first-order valence-electron chi connectivity index (χ1n) is 4.73. The number of rotatable bonds is 3. The van der Waals surface area contributed by atoms with E-state index in [-0.39, 0.29) is 6.04 Å². The van der Waals surface area contributed by atoms with Crippen LogP contribution in [0.4, 0.5) is 0 Å². The summed E-state index contributed by atoms with van der Waals surface area (Å²) in [6.45, 7) is 1.89. The third-order valence-corrected chi connectivity index (χ3v) is 1.91. The molecule has 80 valence electrons. The predicted molar refractivity (Wildman–Crippen MR) is 53.9 cm³/mol. The molecule has 2 aromatic rings. The lowest BCUT2D eigenvalue weighted by Gasteiger charge is -1.96. The van der Waals surface area contributed by atoms with Crippen LogP contribution in [0.3, 0.4) is 0 Å². The van der Waals surface area contributed by atoms with Crippen LogP contribution in [0.5, 0.6) is 0 Å². The van der Waals surface area contributed by atoms with Crippen LogP contribution in [0.1, 0.15) is 12.8 Å². The van der Waals surface area contributed by atoms with Crippen molar-refractivity contribution in [2.24, 2.45) is 12.8 Å². The number of hydrogen-bond acceptors (Lipinski definition) is 5. The van der Waals surface area contributed by atoms with Crippen LogP contribution in [0.25, 0.3) is 11.5 Å². The van der Waals surface area contributed by atoms with Crippen molar-refractivity contribution in [3.63, 3.8) is 0 Å². The van der Waals surface area contributed by atoms with Crippen LogP contribution in [0, 0.1) is 0 Å². The lowest BCUT2D eigenvalue weighted by molar-refractivity contribution is 0.372. The highest BCUT2D eigenvalue weighted by molar-refractivity contribution is 5.46. The Morgan fingerprint density at radius 1 is 1.60 bits per heavy atom. The molecule has 2 aromatic heterocycles. The standard InChI is InChI=1S/C9H13N5O/c1-6(10)5-8-11-9(13-15-8)7-3-4-14(2)12-7/h3-4,6H,5,10H2,1-2H3. The summed E-state index contributed by atoms with van der Waals surface area (Å²) in [4.78, 5) is 4.20. The van der Waals surface area contributed by atoms with Gasteiger partial charge in [-0.1, -0.05) is 5.16 Å². The average Bonchev–Trinajstić information content (AvgIpc) is 2.72. The van der Waals surface area contributed by atoms with E-state index in [2.05, 4.69) is 15.2 Å². The van der Waals surface area contributed by atoms with Crippen molar-refractivity contribution in [3.8, 4) is 11.5 Å². The summed E-state index contributed by atoms with van der Waals surface area (Å²) >= 11 is 0. The van der Waals surface area contributed by atoms with E-state index >= 15 is 0 Å². The molecule has 0 saturated heterocycles. The fourth-order valence-electron chi connectivity index (χ4n) is 1.25. The summed E-state index contributed by atoms with van der Waals surface area (Å²) < 4.78 is 6.74.